The first-order chi connectivity index (χ1) is 11.5. The Morgan fingerprint density at radius 3 is 2.42 bits per heavy atom. The molecule has 122 valence electrons. The highest BCUT2D eigenvalue weighted by molar-refractivity contribution is 5.90. The smallest absolute Gasteiger partial charge is 0.0364 e. The molecule has 0 aromatic heterocycles. The molecule has 1 aliphatic rings. The lowest BCUT2D eigenvalue weighted by Crippen LogP contribution is -2.18. The SMILES string of the molecule is C=CC1=C(/C=C\C)c2cc(Cc3ccccc3)cc(N)c2C1(C)C. The summed E-state index contributed by atoms with van der Waals surface area (Å²) in [7, 11) is 0. The third-order valence-corrected chi connectivity index (χ3v) is 4.90. The Labute approximate surface area is 145 Å². The van der Waals surface area contributed by atoms with E-state index in [4.69, 9.17) is 5.73 Å². The summed E-state index contributed by atoms with van der Waals surface area (Å²) in [5, 5.41) is 0. The Hall–Kier alpha value is -2.54. The van der Waals surface area contributed by atoms with Crippen LogP contribution in [0.3, 0.4) is 0 Å². The minimum Gasteiger partial charge on any atom is -0.398 e. The molecule has 0 unspecified atom stereocenters. The normalized spacial score (nSPS) is 15.8. The van der Waals surface area contributed by atoms with Gasteiger partial charge in [-0.3, -0.25) is 0 Å². The minimum atomic E-state index is -0.110. The summed E-state index contributed by atoms with van der Waals surface area (Å²) in [5.41, 5.74) is 14.8. The van der Waals surface area contributed by atoms with Crippen molar-refractivity contribution in [3.8, 4) is 0 Å². The number of hydrogen-bond donors (Lipinski definition) is 1. The van der Waals surface area contributed by atoms with Crippen molar-refractivity contribution in [1.29, 1.82) is 0 Å². The Balaban J connectivity index is 2.15. The van der Waals surface area contributed by atoms with Gasteiger partial charge in [-0.15, -0.1) is 0 Å². The molecule has 1 heteroatoms. The Morgan fingerprint density at radius 1 is 1.08 bits per heavy atom. The minimum absolute atomic E-state index is 0.110. The standard InChI is InChI=1S/C23H25N/c1-5-10-18-19-14-17(13-16-11-8-7-9-12-16)15-21(24)22(19)23(3,4)20(18)6-2/h5-12,14-15H,2,13,24H2,1,3-4H3/b10-5-. The first-order valence-electron chi connectivity index (χ1n) is 8.46. The monoisotopic (exact) mass is 315 g/mol. The van der Waals surface area contributed by atoms with E-state index in [1.165, 1.54) is 33.4 Å². The predicted octanol–water partition coefficient (Wildman–Crippen LogP) is 5.67. The number of nitrogens with two attached hydrogens (primary N) is 1. The van der Waals surface area contributed by atoms with Crippen molar-refractivity contribution in [3.63, 3.8) is 0 Å². The Bertz CT molecular complexity index is 836. The van der Waals surface area contributed by atoms with E-state index in [0.717, 1.165) is 12.1 Å². The molecule has 0 saturated heterocycles. The number of benzene rings is 2. The van der Waals surface area contributed by atoms with E-state index in [2.05, 4.69) is 75.9 Å². The molecule has 0 radical (unpaired) electrons. The van der Waals surface area contributed by atoms with Gasteiger partial charge in [-0.25, -0.2) is 0 Å². The molecule has 0 atom stereocenters. The zero-order chi connectivity index (χ0) is 17.3. The molecular weight excluding hydrogens is 290 g/mol. The number of rotatable bonds is 4. The lowest BCUT2D eigenvalue weighted by atomic mass is 9.80. The van der Waals surface area contributed by atoms with Crippen molar-refractivity contribution in [2.24, 2.45) is 0 Å². The lowest BCUT2D eigenvalue weighted by molar-refractivity contribution is 0.657. The number of anilines is 1. The molecule has 2 aromatic rings. The summed E-state index contributed by atoms with van der Waals surface area (Å²) in [6.07, 6.45) is 7.14. The maximum absolute atomic E-state index is 6.49. The van der Waals surface area contributed by atoms with Crippen molar-refractivity contribution < 1.29 is 0 Å². The highest BCUT2D eigenvalue weighted by Gasteiger charge is 2.37. The van der Waals surface area contributed by atoms with Crippen LogP contribution in [0.15, 0.2) is 72.8 Å². The second-order valence-electron chi connectivity index (χ2n) is 6.93. The number of nitrogen functional groups attached to an aromatic ring is 1. The van der Waals surface area contributed by atoms with Crippen LogP contribution in [0.1, 0.15) is 43.0 Å². The molecule has 2 N–H and O–H groups in total. The molecule has 0 aliphatic heterocycles. The van der Waals surface area contributed by atoms with Crippen LogP contribution < -0.4 is 5.73 Å². The van der Waals surface area contributed by atoms with Gasteiger partial charge < -0.3 is 5.73 Å². The van der Waals surface area contributed by atoms with Gasteiger partial charge >= 0.3 is 0 Å². The van der Waals surface area contributed by atoms with Gasteiger partial charge in [0.1, 0.15) is 0 Å². The third kappa shape index (κ3) is 2.60. The first kappa shape index (κ1) is 16.3. The molecule has 24 heavy (non-hydrogen) atoms. The van der Waals surface area contributed by atoms with Crippen LogP contribution in [0, 0.1) is 0 Å². The average Bonchev–Trinajstić information content (AvgIpc) is 2.75. The molecule has 1 aliphatic carbocycles. The van der Waals surface area contributed by atoms with Crippen LogP contribution in [0.4, 0.5) is 5.69 Å². The number of allylic oxidation sites excluding steroid dienone is 5. The summed E-state index contributed by atoms with van der Waals surface area (Å²) in [4.78, 5) is 0. The van der Waals surface area contributed by atoms with Gasteiger partial charge in [0.25, 0.3) is 0 Å². The van der Waals surface area contributed by atoms with Gasteiger partial charge in [0.2, 0.25) is 0 Å². The van der Waals surface area contributed by atoms with Crippen molar-refractivity contribution in [3.05, 3.63) is 95.1 Å². The van der Waals surface area contributed by atoms with Crippen LogP contribution >= 0.6 is 0 Å². The van der Waals surface area contributed by atoms with Crippen molar-refractivity contribution in [1.82, 2.24) is 0 Å². The fourth-order valence-corrected chi connectivity index (χ4v) is 3.90. The summed E-state index contributed by atoms with van der Waals surface area (Å²) >= 11 is 0. The third-order valence-electron chi connectivity index (χ3n) is 4.90. The summed E-state index contributed by atoms with van der Waals surface area (Å²) < 4.78 is 0. The quantitative estimate of drug-likeness (QED) is 0.723. The number of hydrogen-bond acceptors (Lipinski definition) is 1. The summed E-state index contributed by atoms with van der Waals surface area (Å²) in [5.74, 6) is 0. The Kier molecular flexibility index (Phi) is 4.19. The fraction of sp³-hybridized carbons (Fsp3) is 0.217. The maximum Gasteiger partial charge on any atom is 0.0364 e. The highest BCUT2D eigenvalue weighted by Crippen LogP contribution is 2.50. The van der Waals surface area contributed by atoms with Gasteiger partial charge in [-0.05, 0) is 52.8 Å². The summed E-state index contributed by atoms with van der Waals surface area (Å²) in [6, 6.07) is 15.0. The van der Waals surface area contributed by atoms with Gasteiger partial charge in [0.15, 0.2) is 0 Å². The first-order valence-corrected chi connectivity index (χ1v) is 8.46. The fourth-order valence-electron chi connectivity index (χ4n) is 3.90. The van der Waals surface area contributed by atoms with E-state index in [1.807, 2.05) is 12.1 Å². The predicted molar refractivity (Wildman–Crippen MR) is 105 cm³/mol. The maximum atomic E-state index is 6.49. The van der Waals surface area contributed by atoms with Gasteiger partial charge in [-0.1, -0.05) is 75.1 Å². The van der Waals surface area contributed by atoms with E-state index in [9.17, 15) is 0 Å². The van der Waals surface area contributed by atoms with E-state index >= 15 is 0 Å². The van der Waals surface area contributed by atoms with Gasteiger partial charge in [0, 0.05) is 11.1 Å². The topological polar surface area (TPSA) is 26.0 Å². The van der Waals surface area contributed by atoms with Crippen molar-refractivity contribution >= 4 is 11.3 Å². The van der Waals surface area contributed by atoms with E-state index < -0.39 is 0 Å². The molecule has 0 bridgehead atoms. The molecule has 0 saturated carbocycles. The van der Waals surface area contributed by atoms with E-state index in [1.54, 1.807) is 0 Å². The highest BCUT2D eigenvalue weighted by atomic mass is 14.6. The lowest BCUT2D eigenvalue weighted by Gasteiger charge is -2.24. The molecule has 0 spiro atoms. The molecular formula is C23H25N. The van der Waals surface area contributed by atoms with E-state index in [-0.39, 0.29) is 5.41 Å². The zero-order valence-corrected chi connectivity index (χ0v) is 14.8. The number of fused-ring (bicyclic) bond motifs is 1. The van der Waals surface area contributed by atoms with Crippen molar-refractivity contribution in [2.45, 2.75) is 32.6 Å². The summed E-state index contributed by atoms with van der Waals surface area (Å²) in [6.45, 7) is 10.6. The van der Waals surface area contributed by atoms with Crippen molar-refractivity contribution in [2.75, 3.05) is 5.73 Å². The van der Waals surface area contributed by atoms with Crippen LogP contribution in [0.25, 0.3) is 5.57 Å². The average molecular weight is 315 g/mol. The molecule has 0 heterocycles. The van der Waals surface area contributed by atoms with Crippen LogP contribution in [-0.2, 0) is 11.8 Å². The zero-order valence-electron chi connectivity index (χ0n) is 14.8. The molecule has 0 fully saturated rings. The van der Waals surface area contributed by atoms with Gasteiger partial charge in [0.05, 0.1) is 0 Å². The van der Waals surface area contributed by atoms with Crippen LogP contribution in [0.2, 0.25) is 0 Å². The van der Waals surface area contributed by atoms with Gasteiger partial charge in [-0.2, -0.15) is 0 Å². The molecule has 0 amide bonds. The molecule has 3 rings (SSSR count). The van der Waals surface area contributed by atoms with E-state index in [0.29, 0.717) is 0 Å². The Morgan fingerprint density at radius 2 is 1.79 bits per heavy atom. The largest absolute Gasteiger partial charge is 0.398 e. The molecule has 1 nitrogen and oxygen atoms in total. The molecule has 2 aromatic carbocycles. The second kappa shape index (κ2) is 6.16. The van der Waals surface area contributed by atoms with Crippen LogP contribution in [-0.4, -0.2) is 0 Å². The van der Waals surface area contributed by atoms with Crippen LogP contribution in [0.5, 0.6) is 0 Å². The second-order valence-corrected chi connectivity index (χ2v) is 6.93.